The molecule has 6 nitrogen and oxygen atoms in total. The van der Waals surface area contributed by atoms with Crippen LogP contribution in [-0.2, 0) is 7.05 Å². The minimum atomic E-state index is 0.184. The average molecular weight is 243 g/mol. The molecule has 0 radical (unpaired) electrons. The van der Waals surface area contributed by atoms with E-state index >= 15 is 0 Å². The average Bonchev–Trinajstić information content (AvgIpc) is 2.58. The molecule has 2 rings (SSSR count). The molecule has 0 unspecified atom stereocenters. The lowest BCUT2D eigenvalue weighted by Gasteiger charge is -2.02. The summed E-state index contributed by atoms with van der Waals surface area (Å²) in [5, 5.41) is 9.34. The molecule has 2 N–H and O–H groups in total. The normalized spacial score (nSPS) is 10.5. The predicted molar refractivity (Wildman–Crippen MR) is 56.6 cm³/mol. The van der Waals surface area contributed by atoms with Crippen LogP contribution in [0.25, 0.3) is 0 Å². The second-order valence-corrected chi connectivity index (χ2v) is 4.07. The topological polar surface area (TPSA) is 82.5 Å². The summed E-state index contributed by atoms with van der Waals surface area (Å²) in [7, 11) is 1.83. The fourth-order valence-electron chi connectivity index (χ4n) is 0.887. The highest BCUT2D eigenvalue weighted by Gasteiger charge is 2.09. The highest BCUT2D eigenvalue weighted by molar-refractivity contribution is 7.99. The molecule has 2 heterocycles. The summed E-state index contributed by atoms with van der Waals surface area (Å²) < 4.78 is 1.76. The Morgan fingerprint density at radius 2 is 2.33 bits per heavy atom. The number of nitrogens with two attached hydrogens (primary N) is 1. The lowest BCUT2D eigenvalue weighted by atomic mass is 10.7. The number of aryl methyl sites for hydroxylation is 1. The number of nitrogens with zero attached hydrogens (tertiary/aromatic N) is 5. The maximum Gasteiger partial charge on any atom is 0.221 e. The van der Waals surface area contributed by atoms with Gasteiger partial charge in [0.2, 0.25) is 5.95 Å². The Hall–Kier alpha value is -1.34. The number of aromatic nitrogens is 5. The maximum atomic E-state index is 5.91. The Morgan fingerprint density at radius 1 is 1.53 bits per heavy atom. The summed E-state index contributed by atoms with van der Waals surface area (Å²) in [5.74, 6) is 0.184. The minimum Gasteiger partial charge on any atom is -0.368 e. The lowest BCUT2D eigenvalue weighted by molar-refractivity contribution is 0.787. The molecule has 0 saturated carbocycles. The van der Waals surface area contributed by atoms with Gasteiger partial charge in [0.25, 0.3) is 0 Å². The van der Waals surface area contributed by atoms with E-state index in [0.29, 0.717) is 15.2 Å². The van der Waals surface area contributed by atoms with Gasteiger partial charge in [-0.05, 0) is 11.8 Å². The quantitative estimate of drug-likeness (QED) is 0.791. The van der Waals surface area contributed by atoms with Gasteiger partial charge in [0.05, 0.1) is 11.2 Å². The van der Waals surface area contributed by atoms with Gasteiger partial charge in [-0.3, -0.25) is 0 Å². The van der Waals surface area contributed by atoms with Crippen LogP contribution in [0.4, 0.5) is 5.95 Å². The van der Waals surface area contributed by atoms with Gasteiger partial charge in [0, 0.05) is 7.05 Å². The molecule has 0 aliphatic rings. The molecular weight excluding hydrogens is 236 g/mol. The fraction of sp³-hybridized carbons (Fsp3) is 0.143. The van der Waals surface area contributed by atoms with Gasteiger partial charge >= 0.3 is 0 Å². The van der Waals surface area contributed by atoms with Crippen molar-refractivity contribution in [2.75, 3.05) is 5.73 Å². The monoisotopic (exact) mass is 242 g/mol. The van der Waals surface area contributed by atoms with Crippen LogP contribution in [0.2, 0.25) is 5.02 Å². The zero-order chi connectivity index (χ0) is 10.8. The van der Waals surface area contributed by atoms with Gasteiger partial charge in [-0.15, -0.1) is 10.2 Å². The molecule has 0 atom stereocenters. The van der Waals surface area contributed by atoms with Crippen LogP contribution in [0.5, 0.6) is 0 Å². The number of nitrogen functional groups attached to an aromatic ring is 1. The first-order valence-electron chi connectivity index (χ1n) is 3.96. The molecule has 0 aliphatic heterocycles. The minimum absolute atomic E-state index is 0.184. The van der Waals surface area contributed by atoms with E-state index in [1.54, 1.807) is 10.9 Å². The lowest BCUT2D eigenvalue weighted by Crippen LogP contribution is -1.96. The van der Waals surface area contributed by atoms with E-state index in [-0.39, 0.29) is 5.95 Å². The van der Waals surface area contributed by atoms with Crippen LogP contribution >= 0.6 is 23.4 Å². The molecular formula is C7H7ClN6S. The molecule has 2 aromatic heterocycles. The van der Waals surface area contributed by atoms with Crippen LogP contribution in [0, 0.1) is 0 Å². The standard InChI is InChI=1S/C7H7ClN6S/c1-14-3-11-13-7(14)15-5-4(8)2-10-6(9)12-5/h2-3H,1H3,(H2,9,10,12). The molecule has 15 heavy (non-hydrogen) atoms. The molecule has 0 aromatic carbocycles. The number of rotatable bonds is 2. The third kappa shape index (κ3) is 2.18. The van der Waals surface area contributed by atoms with Crippen LogP contribution in [0.15, 0.2) is 22.7 Å². The van der Waals surface area contributed by atoms with Crippen LogP contribution < -0.4 is 5.73 Å². The Morgan fingerprint density at radius 3 is 3.00 bits per heavy atom. The molecule has 78 valence electrons. The van der Waals surface area contributed by atoms with E-state index in [0.717, 1.165) is 0 Å². The van der Waals surface area contributed by atoms with Crippen molar-refractivity contribution in [1.82, 2.24) is 24.7 Å². The van der Waals surface area contributed by atoms with E-state index in [9.17, 15) is 0 Å². The summed E-state index contributed by atoms with van der Waals surface area (Å²) >= 11 is 7.19. The molecule has 0 saturated heterocycles. The Balaban J connectivity index is 2.32. The van der Waals surface area contributed by atoms with Crippen LogP contribution in [0.1, 0.15) is 0 Å². The molecule has 0 bridgehead atoms. The Labute approximate surface area is 94.9 Å². The van der Waals surface area contributed by atoms with Gasteiger partial charge in [-0.1, -0.05) is 11.6 Å². The number of hydrogen-bond acceptors (Lipinski definition) is 6. The highest BCUT2D eigenvalue weighted by Crippen LogP contribution is 2.29. The van der Waals surface area contributed by atoms with Crippen molar-refractivity contribution in [2.24, 2.45) is 7.05 Å². The van der Waals surface area contributed by atoms with Gasteiger partial charge in [0.1, 0.15) is 11.4 Å². The zero-order valence-electron chi connectivity index (χ0n) is 7.75. The smallest absolute Gasteiger partial charge is 0.221 e. The fourth-order valence-corrected chi connectivity index (χ4v) is 1.84. The first kappa shape index (κ1) is 10.2. The number of hydrogen-bond donors (Lipinski definition) is 1. The number of halogens is 1. The third-order valence-corrected chi connectivity index (χ3v) is 3.03. The molecule has 0 fully saturated rings. The van der Waals surface area contributed by atoms with E-state index in [1.165, 1.54) is 18.0 Å². The Bertz CT molecular complexity index is 484. The van der Waals surface area contributed by atoms with Crippen molar-refractivity contribution >= 4 is 29.3 Å². The first-order chi connectivity index (χ1) is 7.16. The van der Waals surface area contributed by atoms with E-state index in [2.05, 4.69) is 20.2 Å². The maximum absolute atomic E-state index is 5.91. The molecule has 2 aromatic rings. The second-order valence-electron chi connectivity index (χ2n) is 2.71. The molecule has 0 amide bonds. The van der Waals surface area contributed by atoms with Crippen molar-refractivity contribution < 1.29 is 0 Å². The summed E-state index contributed by atoms with van der Waals surface area (Å²) in [5.41, 5.74) is 5.46. The first-order valence-corrected chi connectivity index (χ1v) is 5.16. The van der Waals surface area contributed by atoms with Crippen molar-refractivity contribution in [3.8, 4) is 0 Å². The van der Waals surface area contributed by atoms with Crippen molar-refractivity contribution in [3.63, 3.8) is 0 Å². The van der Waals surface area contributed by atoms with Crippen LogP contribution in [-0.4, -0.2) is 24.7 Å². The summed E-state index contributed by atoms with van der Waals surface area (Å²) in [4.78, 5) is 7.77. The molecule has 0 aliphatic carbocycles. The molecule has 0 spiro atoms. The van der Waals surface area contributed by atoms with Crippen LogP contribution in [0.3, 0.4) is 0 Å². The predicted octanol–water partition coefficient (Wildman–Crippen LogP) is 0.992. The highest BCUT2D eigenvalue weighted by atomic mass is 35.5. The molecule has 8 heteroatoms. The van der Waals surface area contributed by atoms with Gasteiger partial charge < -0.3 is 10.3 Å². The third-order valence-electron chi connectivity index (χ3n) is 1.59. The second kappa shape index (κ2) is 4.03. The Kier molecular flexibility index (Phi) is 2.74. The zero-order valence-corrected chi connectivity index (χ0v) is 9.33. The van der Waals surface area contributed by atoms with E-state index < -0.39 is 0 Å². The van der Waals surface area contributed by atoms with Crippen molar-refractivity contribution in [2.45, 2.75) is 10.2 Å². The van der Waals surface area contributed by atoms with Crippen molar-refractivity contribution in [1.29, 1.82) is 0 Å². The van der Waals surface area contributed by atoms with Gasteiger partial charge in [-0.2, -0.15) is 0 Å². The SMILES string of the molecule is Cn1cnnc1Sc1nc(N)ncc1Cl. The largest absolute Gasteiger partial charge is 0.368 e. The number of anilines is 1. The van der Waals surface area contributed by atoms with Gasteiger partial charge in [0.15, 0.2) is 5.16 Å². The van der Waals surface area contributed by atoms with Gasteiger partial charge in [-0.25, -0.2) is 9.97 Å². The summed E-state index contributed by atoms with van der Waals surface area (Å²) in [6.45, 7) is 0. The van der Waals surface area contributed by atoms with E-state index in [4.69, 9.17) is 17.3 Å². The summed E-state index contributed by atoms with van der Waals surface area (Å²) in [6, 6.07) is 0. The van der Waals surface area contributed by atoms with Crippen molar-refractivity contribution in [3.05, 3.63) is 17.5 Å². The summed E-state index contributed by atoms with van der Waals surface area (Å²) in [6.07, 6.45) is 3.06. The van der Waals surface area contributed by atoms with E-state index in [1.807, 2.05) is 7.05 Å².